The maximum absolute atomic E-state index is 12.2. The van der Waals surface area contributed by atoms with Gasteiger partial charge in [-0.1, -0.05) is 6.07 Å². The minimum atomic E-state index is -3.10. The average Bonchev–Trinajstić information content (AvgIpc) is 3.06. The molecule has 0 radical (unpaired) electrons. The smallest absolute Gasteiger partial charge is 0.182 e. The molecule has 5 heteroatoms. The van der Waals surface area contributed by atoms with E-state index in [1.54, 1.807) is 6.07 Å². The second kappa shape index (κ2) is 4.62. The molecule has 98 valence electrons. The van der Waals surface area contributed by atoms with E-state index in [0.717, 1.165) is 25.8 Å². The number of halogens is 1. The van der Waals surface area contributed by atoms with Gasteiger partial charge in [0.25, 0.3) is 0 Å². The molecular weight excluding hydrogens is 314 g/mol. The Bertz CT molecular complexity index is 560. The number of sulfone groups is 1. The van der Waals surface area contributed by atoms with Crippen LogP contribution in [0.5, 0.6) is 0 Å². The van der Waals surface area contributed by atoms with Crippen molar-refractivity contribution in [2.45, 2.75) is 41.9 Å². The van der Waals surface area contributed by atoms with Crippen molar-refractivity contribution in [2.75, 3.05) is 6.54 Å². The van der Waals surface area contributed by atoms with Gasteiger partial charge in [-0.3, -0.25) is 0 Å². The second-order valence-corrected chi connectivity index (χ2v) is 8.13. The van der Waals surface area contributed by atoms with Gasteiger partial charge in [-0.25, -0.2) is 8.42 Å². The molecule has 2 fully saturated rings. The van der Waals surface area contributed by atoms with Crippen LogP contribution in [0.2, 0.25) is 0 Å². The Labute approximate surface area is 116 Å². The first-order chi connectivity index (χ1) is 8.59. The summed E-state index contributed by atoms with van der Waals surface area (Å²) in [4.78, 5) is 0.451. The van der Waals surface area contributed by atoms with E-state index in [1.165, 1.54) is 12.0 Å². The van der Waals surface area contributed by atoms with Gasteiger partial charge in [0.05, 0.1) is 10.1 Å². The quantitative estimate of drug-likeness (QED) is 0.927. The first kappa shape index (κ1) is 12.6. The third-order valence-electron chi connectivity index (χ3n) is 3.69. The summed E-state index contributed by atoms with van der Waals surface area (Å²) in [6, 6.07) is 6.04. The summed E-state index contributed by atoms with van der Waals surface area (Å²) in [7, 11) is -3.10. The number of benzene rings is 1. The van der Waals surface area contributed by atoms with Crippen LogP contribution in [-0.4, -0.2) is 20.2 Å². The third kappa shape index (κ3) is 2.24. The van der Waals surface area contributed by atoms with Gasteiger partial charge in [0, 0.05) is 10.5 Å². The molecular formula is C13H16BrNO2S. The standard InChI is InChI=1S/C13H16BrNO2S/c14-11-8-9(12-2-1-7-15-12)3-6-13(11)18(16,17)10-4-5-10/h3,6,8,10,12,15H,1-2,4-5,7H2. The minimum absolute atomic E-state index is 0.149. The molecule has 0 aromatic heterocycles. The highest BCUT2D eigenvalue weighted by Gasteiger charge is 2.38. The zero-order valence-electron chi connectivity index (χ0n) is 10.0. The van der Waals surface area contributed by atoms with Gasteiger partial charge in [0.2, 0.25) is 0 Å². The maximum atomic E-state index is 12.2. The predicted molar refractivity (Wildman–Crippen MR) is 74.3 cm³/mol. The average molecular weight is 330 g/mol. The summed E-state index contributed by atoms with van der Waals surface area (Å²) in [5.41, 5.74) is 1.18. The molecule has 3 nitrogen and oxygen atoms in total. The molecule has 3 rings (SSSR count). The number of rotatable bonds is 3. The molecule has 0 bridgehead atoms. The van der Waals surface area contributed by atoms with Crippen LogP contribution in [0.1, 0.15) is 37.3 Å². The van der Waals surface area contributed by atoms with Crippen LogP contribution >= 0.6 is 15.9 Å². The number of hydrogen-bond acceptors (Lipinski definition) is 3. The van der Waals surface area contributed by atoms with Crippen molar-refractivity contribution >= 4 is 25.8 Å². The van der Waals surface area contributed by atoms with Gasteiger partial charge in [-0.05, 0) is 65.9 Å². The first-order valence-electron chi connectivity index (χ1n) is 6.36. The molecule has 1 N–H and O–H groups in total. The van der Waals surface area contributed by atoms with Crippen LogP contribution in [0.25, 0.3) is 0 Å². The zero-order valence-corrected chi connectivity index (χ0v) is 12.4. The molecule has 1 aliphatic heterocycles. The fraction of sp³-hybridized carbons (Fsp3) is 0.538. The summed E-state index contributed by atoms with van der Waals surface area (Å²) in [5.74, 6) is 0. The molecule has 1 saturated heterocycles. The van der Waals surface area contributed by atoms with Gasteiger partial charge >= 0.3 is 0 Å². The Morgan fingerprint density at radius 2 is 2.00 bits per heavy atom. The lowest BCUT2D eigenvalue weighted by molar-refractivity contribution is 0.594. The van der Waals surface area contributed by atoms with E-state index in [0.29, 0.717) is 15.4 Å². The van der Waals surface area contributed by atoms with Gasteiger partial charge in [0.1, 0.15) is 0 Å². The van der Waals surface area contributed by atoms with Gasteiger partial charge in [0.15, 0.2) is 9.84 Å². The topological polar surface area (TPSA) is 46.2 Å². The van der Waals surface area contributed by atoms with Crippen molar-refractivity contribution in [3.8, 4) is 0 Å². The summed E-state index contributed by atoms with van der Waals surface area (Å²) in [6.45, 7) is 1.05. The molecule has 1 aromatic rings. The molecule has 1 heterocycles. The van der Waals surface area contributed by atoms with Crippen LogP contribution in [0.4, 0.5) is 0 Å². The molecule has 1 atom stereocenters. The van der Waals surface area contributed by atoms with Gasteiger partial charge < -0.3 is 5.32 Å². The Hall–Kier alpha value is -0.390. The Balaban J connectivity index is 1.93. The molecule has 18 heavy (non-hydrogen) atoms. The van der Waals surface area contributed by atoms with Crippen LogP contribution < -0.4 is 5.32 Å². The number of hydrogen-bond donors (Lipinski definition) is 1. The second-order valence-electron chi connectivity index (χ2n) is 5.08. The van der Waals surface area contributed by atoms with Crippen LogP contribution in [0.3, 0.4) is 0 Å². The molecule has 0 amide bonds. The zero-order chi connectivity index (χ0) is 12.8. The molecule has 0 spiro atoms. The lowest BCUT2D eigenvalue weighted by Crippen LogP contribution is -2.14. The van der Waals surface area contributed by atoms with Crippen molar-refractivity contribution in [1.29, 1.82) is 0 Å². The predicted octanol–water partition coefficient (Wildman–Crippen LogP) is 2.81. The van der Waals surface area contributed by atoms with Gasteiger partial charge in [-0.15, -0.1) is 0 Å². The summed E-state index contributed by atoms with van der Waals surface area (Å²) in [5, 5.41) is 3.27. The lowest BCUT2D eigenvalue weighted by atomic mass is 10.1. The van der Waals surface area contributed by atoms with Crippen molar-refractivity contribution in [2.24, 2.45) is 0 Å². The van der Waals surface area contributed by atoms with Crippen LogP contribution in [0.15, 0.2) is 27.6 Å². The Kier molecular flexibility index (Phi) is 3.24. The maximum Gasteiger partial charge on any atom is 0.182 e. The van der Waals surface area contributed by atoms with Crippen molar-refractivity contribution in [3.63, 3.8) is 0 Å². The Morgan fingerprint density at radius 1 is 1.22 bits per heavy atom. The SMILES string of the molecule is O=S(=O)(c1ccc(C2CCCN2)cc1Br)C1CC1. The highest BCUT2D eigenvalue weighted by Crippen LogP contribution is 2.37. The largest absolute Gasteiger partial charge is 0.310 e. The van der Waals surface area contributed by atoms with Gasteiger partial charge in [-0.2, -0.15) is 0 Å². The van der Waals surface area contributed by atoms with Crippen molar-refractivity contribution in [1.82, 2.24) is 5.32 Å². The molecule has 1 aliphatic carbocycles. The van der Waals surface area contributed by atoms with E-state index in [4.69, 9.17) is 0 Å². The first-order valence-corrected chi connectivity index (χ1v) is 8.70. The summed E-state index contributed by atoms with van der Waals surface area (Å²) in [6.07, 6.45) is 3.92. The highest BCUT2D eigenvalue weighted by atomic mass is 79.9. The van der Waals surface area contributed by atoms with E-state index >= 15 is 0 Å². The summed E-state index contributed by atoms with van der Waals surface area (Å²) >= 11 is 3.42. The number of nitrogens with one attached hydrogen (secondary N) is 1. The van der Waals surface area contributed by atoms with E-state index in [2.05, 4.69) is 21.2 Å². The van der Waals surface area contributed by atoms with E-state index in [9.17, 15) is 8.42 Å². The van der Waals surface area contributed by atoms with E-state index in [1.807, 2.05) is 12.1 Å². The normalized spacial score (nSPS) is 24.4. The Morgan fingerprint density at radius 3 is 2.56 bits per heavy atom. The fourth-order valence-electron chi connectivity index (χ4n) is 2.49. The van der Waals surface area contributed by atoms with Crippen LogP contribution in [0, 0.1) is 0 Å². The minimum Gasteiger partial charge on any atom is -0.310 e. The molecule has 1 unspecified atom stereocenters. The van der Waals surface area contributed by atoms with Crippen LogP contribution in [-0.2, 0) is 9.84 Å². The third-order valence-corrected chi connectivity index (χ3v) is 6.93. The monoisotopic (exact) mass is 329 g/mol. The molecule has 1 aromatic carbocycles. The molecule has 2 aliphatic rings. The van der Waals surface area contributed by atoms with E-state index in [-0.39, 0.29) is 5.25 Å². The lowest BCUT2D eigenvalue weighted by Gasteiger charge is -2.13. The molecule has 1 saturated carbocycles. The highest BCUT2D eigenvalue weighted by molar-refractivity contribution is 9.10. The van der Waals surface area contributed by atoms with E-state index < -0.39 is 9.84 Å². The fourth-order valence-corrected chi connectivity index (χ4v) is 5.27. The summed E-state index contributed by atoms with van der Waals surface area (Å²) < 4.78 is 25.1. The van der Waals surface area contributed by atoms with Crippen molar-refractivity contribution < 1.29 is 8.42 Å². The van der Waals surface area contributed by atoms with Crippen molar-refractivity contribution in [3.05, 3.63) is 28.2 Å².